The first-order valence-corrected chi connectivity index (χ1v) is 10.1. The highest BCUT2D eigenvalue weighted by atomic mass is 16.5. The second kappa shape index (κ2) is 8.52. The van der Waals surface area contributed by atoms with Gasteiger partial charge in [0.25, 0.3) is 5.91 Å². The van der Waals surface area contributed by atoms with Gasteiger partial charge in [0.05, 0.1) is 11.7 Å². The van der Waals surface area contributed by atoms with E-state index in [2.05, 4.69) is 30.4 Å². The SMILES string of the molecule is CCc1ccc2c(c1)c(C)c(C(=O)Nc1cccc(C(=O)OC(C)C)c1)n2CC. The standard InChI is InChI=1S/C24H28N2O3/c1-6-17-11-12-21-20(13-17)16(5)22(26(21)7-2)23(27)25-19-10-8-9-18(14-19)24(28)29-15(3)4/h8-15H,6-7H2,1-5H3,(H,25,27). The molecule has 152 valence electrons. The van der Waals surface area contributed by atoms with Crippen LogP contribution in [0.2, 0.25) is 0 Å². The highest BCUT2D eigenvalue weighted by molar-refractivity contribution is 6.08. The van der Waals surface area contributed by atoms with Crippen molar-refractivity contribution in [2.75, 3.05) is 5.32 Å². The summed E-state index contributed by atoms with van der Waals surface area (Å²) >= 11 is 0. The van der Waals surface area contributed by atoms with Gasteiger partial charge in [0, 0.05) is 23.1 Å². The first kappa shape index (κ1) is 20.6. The fourth-order valence-corrected chi connectivity index (χ4v) is 3.61. The number of hydrogen-bond donors (Lipinski definition) is 1. The molecule has 1 aromatic heterocycles. The summed E-state index contributed by atoms with van der Waals surface area (Å²) < 4.78 is 7.28. The topological polar surface area (TPSA) is 60.3 Å². The van der Waals surface area contributed by atoms with Crippen molar-refractivity contribution in [3.05, 3.63) is 64.8 Å². The van der Waals surface area contributed by atoms with Crippen molar-refractivity contribution < 1.29 is 14.3 Å². The molecule has 5 nitrogen and oxygen atoms in total. The molecule has 0 saturated heterocycles. The number of benzene rings is 2. The minimum Gasteiger partial charge on any atom is -0.459 e. The van der Waals surface area contributed by atoms with Crippen LogP contribution >= 0.6 is 0 Å². The lowest BCUT2D eigenvalue weighted by atomic mass is 10.1. The monoisotopic (exact) mass is 392 g/mol. The van der Waals surface area contributed by atoms with Crippen LogP contribution in [0.3, 0.4) is 0 Å². The summed E-state index contributed by atoms with van der Waals surface area (Å²) in [6, 6.07) is 13.2. The van der Waals surface area contributed by atoms with Crippen LogP contribution in [0.15, 0.2) is 42.5 Å². The van der Waals surface area contributed by atoms with Crippen molar-refractivity contribution in [3.8, 4) is 0 Å². The molecule has 0 aliphatic heterocycles. The molecule has 5 heteroatoms. The van der Waals surface area contributed by atoms with Crippen LogP contribution in [0.1, 0.15) is 59.7 Å². The number of hydrogen-bond acceptors (Lipinski definition) is 3. The Morgan fingerprint density at radius 1 is 1.10 bits per heavy atom. The molecule has 29 heavy (non-hydrogen) atoms. The molecule has 0 aliphatic rings. The van der Waals surface area contributed by atoms with E-state index in [-0.39, 0.29) is 12.0 Å². The Kier molecular flexibility index (Phi) is 6.06. The molecule has 0 aliphatic carbocycles. The van der Waals surface area contributed by atoms with Gasteiger partial charge in [-0.15, -0.1) is 0 Å². The average molecular weight is 392 g/mol. The lowest BCUT2D eigenvalue weighted by Gasteiger charge is -2.12. The van der Waals surface area contributed by atoms with Crippen LogP contribution in [-0.2, 0) is 17.7 Å². The smallest absolute Gasteiger partial charge is 0.338 e. The molecule has 0 atom stereocenters. The average Bonchev–Trinajstić information content (AvgIpc) is 2.98. The van der Waals surface area contributed by atoms with Gasteiger partial charge in [-0.3, -0.25) is 4.79 Å². The fourth-order valence-electron chi connectivity index (χ4n) is 3.61. The summed E-state index contributed by atoms with van der Waals surface area (Å²) in [5, 5.41) is 4.05. The summed E-state index contributed by atoms with van der Waals surface area (Å²) in [6.07, 6.45) is 0.754. The molecule has 1 amide bonds. The number of esters is 1. The lowest BCUT2D eigenvalue weighted by molar-refractivity contribution is 0.0377. The number of carbonyl (C=O) groups is 2. The molecular formula is C24H28N2O3. The maximum absolute atomic E-state index is 13.1. The first-order valence-electron chi connectivity index (χ1n) is 10.1. The summed E-state index contributed by atoms with van der Waals surface area (Å²) in [5.41, 5.74) is 4.89. The van der Waals surface area contributed by atoms with Crippen molar-refractivity contribution in [3.63, 3.8) is 0 Å². The fraction of sp³-hybridized carbons (Fsp3) is 0.333. The van der Waals surface area contributed by atoms with Gasteiger partial charge >= 0.3 is 5.97 Å². The maximum atomic E-state index is 13.1. The molecule has 1 heterocycles. The third kappa shape index (κ3) is 4.19. The number of aromatic nitrogens is 1. The van der Waals surface area contributed by atoms with E-state index in [1.165, 1.54) is 5.56 Å². The number of fused-ring (bicyclic) bond motifs is 1. The zero-order chi connectivity index (χ0) is 21.1. The maximum Gasteiger partial charge on any atom is 0.338 e. The van der Waals surface area contributed by atoms with E-state index in [4.69, 9.17) is 4.74 Å². The number of ether oxygens (including phenoxy) is 1. The minimum atomic E-state index is -0.401. The predicted molar refractivity (Wildman–Crippen MR) is 117 cm³/mol. The number of aryl methyl sites for hydroxylation is 3. The Bertz CT molecular complexity index is 1060. The molecule has 0 fully saturated rings. The summed E-state index contributed by atoms with van der Waals surface area (Å²) in [5.74, 6) is -0.588. The van der Waals surface area contributed by atoms with E-state index in [1.54, 1.807) is 38.1 Å². The molecule has 3 aromatic rings. The van der Waals surface area contributed by atoms with Crippen LogP contribution < -0.4 is 5.32 Å². The van der Waals surface area contributed by atoms with Gasteiger partial charge in [0.1, 0.15) is 5.69 Å². The second-order valence-corrected chi connectivity index (χ2v) is 7.41. The molecule has 0 bridgehead atoms. The summed E-state index contributed by atoms with van der Waals surface area (Å²) in [7, 11) is 0. The van der Waals surface area contributed by atoms with Crippen LogP contribution in [0.25, 0.3) is 10.9 Å². The largest absolute Gasteiger partial charge is 0.459 e. The third-order valence-corrected chi connectivity index (χ3v) is 5.02. The van der Waals surface area contributed by atoms with Gasteiger partial charge in [-0.05, 0) is 75.6 Å². The molecule has 1 N–H and O–H groups in total. The molecular weight excluding hydrogens is 364 g/mol. The first-order chi connectivity index (χ1) is 13.8. The van der Waals surface area contributed by atoms with Crippen LogP contribution in [0.4, 0.5) is 5.69 Å². The van der Waals surface area contributed by atoms with E-state index in [0.717, 1.165) is 22.9 Å². The number of amides is 1. The summed E-state index contributed by atoms with van der Waals surface area (Å²) in [4.78, 5) is 25.3. The number of nitrogens with one attached hydrogen (secondary N) is 1. The van der Waals surface area contributed by atoms with Crippen molar-refractivity contribution in [2.45, 2.75) is 53.7 Å². The van der Waals surface area contributed by atoms with E-state index >= 15 is 0 Å². The van der Waals surface area contributed by atoms with Gasteiger partial charge in [-0.2, -0.15) is 0 Å². The van der Waals surface area contributed by atoms with Crippen molar-refractivity contribution >= 4 is 28.5 Å². The van der Waals surface area contributed by atoms with Crippen molar-refractivity contribution in [1.82, 2.24) is 4.57 Å². The Morgan fingerprint density at radius 2 is 1.86 bits per heavy atom. The van der Waals surface area contributed by atoms with Gasteiger partial charge in [0.2, 0.25) is 0 Å². The summed E-state index contributed by atoms with van der Waals surface area (Å²) in [6.45, 7) is 10.4. The predicted octanol–water partition coefficient (Wildman–Crippen LogP) is 5.35. The zero-order valence-electron chi connectivity index (χ0n) is 17.7. The van der Waals surface area contributed by atoms with Gasteiger partial charge in [-0.25, -0.2) is 4.79 Å². The normalized spacial score (nSPS) is 11.1. The van der Waals surface area contributed by atoms with Gasteiger partial charge < -0.3 is 14.6 Å². The second-order valence-electron chi connectivity index (χ2n) is 7.41. The van der Waals surface area contributed by atoms with E-state index in [0.29, 0.717) is 23.5 Å². The Morgan fingerprint density at radius 3 is 2.52 bits per heavy atom. The van der Waals surface area contributed by atoms with Gasteiger partial charge in [-0.1, -0.05) is 19.1 Å². The molecule has 3 rings (SSSR count). The zero-order valence-corrected chi connectivity index (χ0v) is 17.7. The highest BCUT2D eigenvalue weighted by Crippen LogP contribution is 2.28. The number of carbonyl (C=O) groups excluding carboxylic acids is 2. The van der Waals surface area contributed by atoms with E-state index < -0.39 is 5.97 Å². The van der Waals surface area contributed by atoms with Gasteiger partial charge in [0.15, 0.2) is 0 Å². The lowest BCUT2D eigenvalue weighted by Crippen LogP contribution is -2.18. The van der Waals surface area contributed by atoms with Crippen LogP contribution in [-0.4, -0.2) is 22.5 Å². The third-order valence-electron chi connectivity index (χ3n) is 5.02. The molecule has 0 unspecified atom stereocenters. The van der Waals surface area contributed by atoms with E-state index in [1.807, 2.05) is 18.4 Å². The van der Waals surface area contributed by atoms with Crippen LogP contribution in [0.5, 0.6) is 0 Å². The Labute approximate surface area is 171 Å². The molecule has 0 saturated carbocycles. The number of anilines is 1. The van der Waals surface area contributed by atoms with Crippen molar-refractivity contribution in [2.24, 2.45) is 0 Å². The minimum absolute atomic E-state index is 0.187. The van der Waals surface area contributed by atoms with Crippen LogP contribution in [0, 0.1) is 6.92 Å². The number of nitrogens with zero attached hydrogens (tertiary/aromatic N) is 1. The Hall–Kier alpha value is -3.08. The number of rotatable bonds is 6. The Balaban J connectivity index is 1.94. The molecule has 2 aromatic carbocycles. The highest BCUT2D eigenvalue weighted by Gasteiger charge is 2.20. The molecule has 0 spiro atoms. The van der Waals surface area contributed by atoms with Crippen molar-refractivity contribution in [1.29, 1.82) is 0 Å². The quantitative estimate of drug-likeness (QED) is 0.575. The molecule has 0 radical (unpaired) electrons. The van der Waals surface area contributed by atoms with E-state index in [9.17, 15) is 9.59 Å².